The molecule has 0 saturated carbocycles. The highest BCUT2D eigenvalue weighted by molar-refractivity contribution is 5.65. The van der Waals surface area contributed by atoms with Gasteiger partial charge in [0.15, 0.2) is 11.6 Å². The van der Waals surface area contributed by atoms with Crippen LogP contribution in [0.25, 0.3) is 0 Å². The number of hydrogen-bond donors (Lipinski definition) is 2. The Labute approximate surface area is 63.0 Å². The molecule has 0 aliphatic rings. The lowest BCUT2D eigenvalue weighted by atomic mass is 10.2. The van der Waals surface area contributed by atoms with Gasteiger partial charge in [-0.3, -0.25) is 0 Å². The smallest absolute Gasteiger partial charge is 0.161 e. The van der Waals surface area contributed by atoms with Crippen molar-refractivity contribution >= 4 is 11.4 Å². The molecule has 1 rings (SSSR count). The highest BCUT2D eigenvalue weighted by Crippen LogP contribution is 2.20. The van der Waals surface area contributed by atoms with Gasteiger partial charge in [-0.2, -0.15) is 0 Å². The Bertz CT molecular complexity index is 273. The molecule has 0 fully saturated rings. The average molecular weight is 158 g/mol. The Hall–Kier alpha value is -1.32. The first-order chi connectivity index (χ1) is 5.15. The SMILES string of the molecule is CNc1cc(F)c(F)cc1N. The van der Waals surface area contributed by atoms with E-state index in [9.17, 15) is 8.78 Å². The predicted molar refractivity (Wildman–Crippen MR) is 40.3 cm³/mol. The minimum atomic E-state index is -0.929. The molecule has 11 heavy (non-hydrogen) atoms. The summed E-state index contributed by atoms with van der Waals surface area (Å²) in [6.45, 7) is 0. The number of rotatable bonds is 1. The summed E-state index contributed by atoms with van der Waals surface area (Å²) in [5, 5.41) is 2.63. The van der Waals surface area contributed by atoms with Crippen LogP contribution in [0.3, 0.4) is 0 Å². The lowest BCUT2D eigenvalue weighted by Gasteiger charge is -2.04. The second-order valence-corrected chi connectivity index (χ2v) is 2.10. The lowest BCUT2D eigenvalue weighted by Crippen LogP contribution is -1.98. The number of anilines is 2. The quantitative estimate of drug-likeness (QED) is 0.609. The largest absolute Gasteiger partial charge is 0.397 e. The molecular weight excluding hydrogens is 150 g/mol. The van der Waals surface area contributed by atoms with Crippen molar-refractivity contribution in [2.75, 3.05) is 18.1 Å². The van der Waals surface area contributed by atoms with E-state index in [1.807, 2.05) is 0 Å². The minimum absolute atomic E-state index is 0.200. The van der Waals surface area contributed by atoms with Crippen LogP contribution in [0.2, 0.25) is 0 Å². The molecule has 60 valence electrons. The topological polar surface area (TPSA) is 38.0 Å². The van der Waals surface area contributed by atoms with Gasteiger partial charge in [0.2, 0.25) is 0 Å². The fourth-order valence-electron chi connectivity index (χ4n) is 0.779. The van der Waals surface area contributed by atoms with E-state index in [1.54, 1.807) is 7.05 Å². The molecule has 1 aromatic carbocycles. The van der Waals surface area contributed by atoms with Gasteiger partial charge in [0.1, 0.15) is 0 Å². The number of halogens is 2. The first-order valence-electron chi connectivity index (χ1n) is 3.07. The molecule has 0 radical (unpaired) electrons. The van der Waals surface area contributed by atoms with E-state index in [0.29, 0.717) is 5.69 Å². The summed E-state index contributed by atoms with van der Waals surface area (Å²) in [7, 11) is 1.59. The third kappa shape index (κ3) is 1.39. The van der Waals surface area contributed by atoms with E-state index >= 15 is 0 Å². The summed E-state index contributed by atoms with van der Waals surface area (Å²) in [5.41, 5.74) is 5.92. The maximum Gasteiger partial charge on any atom is 0.161 e. The number of nitrogens with one attached hydrogen (secondary N) is 1. The van der Waals surface area contributed by atoms with Gasteiger partial charge in [0.25, 0.3) is 0 Å². The number of nitrogens with two attached hydrogens (primary N) is 1. The number of benzene rings is 1. The summed E-state index contributed by atoms with van der Waals surface area (Å²) in [5.74, 6) is -1.83. The Morgan fingerprint density at radius 1 is 1.27 bits per heavy atom. The van der Waals surface area contributed by atoms with Gasteiger partial charge in [-0.05, 0) is 0 Å². The van der Waals surface area contributed by atoms with Crippen molar-refractivity contribution in [1.29, 1.82) is 0 Å². The number of nitrogen functional groups attached to an aromatic ring is 1. The summed E-state index contributed by atoms with van der Waals surface area (Å²) in [6, 6.07) is 1.96. The fraction of sp³-hybridized carbons (Fsp3) is 0.143. The van der Waals surface area contributed by atoms with E-state index in [-0.39, 0.29) is 5.69 Å². The van der Waals surface area contributed by atoms with Crippen LogP contribution in [0.15, 0.2) is 12.1 Å². The highest BCUT2D eigenvalue weighted by Gasteiger charge is 2.05. The molecule has 0 aliphatic carbocycles. The van der Waals surface area contributed by atoms with Crippen molar-refractivity contribution in [3.05, 3.63) is 23.8 Å². The molecule has 4 heteroatoms. The monoisotopic (exact) mass is 158 g/mol. The molecule has 0 bridgehead atoms. The van der Waals surface area contributed by atoms with Crippen molar-refractivity contribution in [3.8, 4) is 0 Å². The second kappa shape index (κ2) is 2.74. The van der Waals surface area contributed by atoms with Crippen LogP contribution < -0.4 is 11.1 Å². The van der Waals surface area contributed by atoms with E-state index in [2.05, 4.69) is 5.32 Å². The molecule has 0 unspecified atom stereocenters. The van der Waals surface area contributed by atoms with Crippen LogP contribution >= 0.6 is 0 Å². The van der Waals surface area contributed by atoms with E-state index in [4.69, 9.17) is 5.73 Å². The van der Waals surface area contributed by atoms with Gasteiger partial charge < -0.3 is 11.1 Å². The van der Waals surface area contributed by atoms with Crippen LogP contribution in [-0.2, 0) is 0 Å². The zero-order valence-corrected chi connectivity index (χ0v) is 5.99. The lowest BCUT2D eigenvalue weighted by molar-refractivity contribution is 0.509. The maximum atomic E-state index is 12.5. The van der Waals surface area contributed by atoms with E-state index in [0.717, 1.165) is 12.1 Å². The van der Waals surface area contributed by atoms with Gasteiger partial charge in [0, 0.05) is 19.2 Å². The van der Waals surface area contributed by atoms with Crippen molar-refractivity contribution in [2.24, 2.45) is 0 Å². The van der Waals surface area contributed by atoms with Gasteiger partial charge in [-0.15, -0.1) is 0 Å². The molecule has 2 nitrogen and oxygen atoms in total. The standard InChI is InChI=1S/C7H8F2N2/c1-11-7-3-5(9)4(8)2-6(7)10/h2-3,11H,10H2,1H3. The van der Waals surface area contributed by atoms with Crippen molar-refractivity contribution < 1.29 is 8.78 Å². The zero-order valence-electron chi connectivity index (χ0n) is 5.99. The molecule has 0 aromatic heterocycles. The van der Waals surface area contributed by atoms with Crippen molar-refractivity contribution in [3.63, 3.8) is 0 Å². The van der Waals surface area contributed by atoms with E-state index in [1.165, 1.54) is 0 Å². The Morgan fingerprint density at radius 3 is 2.36 bits per heavy atom. The van der Waals surface area contributed by atoms with Crippen LogP contribution in [0.5, 0.6) is 0 Å². The van der Waals surface area contributed by atoms with Crippen LogP contribution in [0.1, 0.15) is 0 Å². The molecule has 0 heterocycles. The Kier molecular flexibility index (Phi) is 1.94. The average Bonchev–Trinajstić information content (AvgIpc) is 1.97. The van der Waals surface area contributed by atoms with Gasteiger partial charge >= 0.3 is 0 Å². The Balaban J connectivity index is 3.21. The normalized spacial score (nSPS) is 9.73. The molecule has 1 aromatic rings. The van der Waals surface area contributed by atoms with Crippen LogP contribution in [-0.4, -0.2) is 7.05 Å². The van der Waals surface area contributed by atoms with E-state index < -0.39 is 11.6 Å². The van der Waals surface area contributed by atoms with Gasteiger partial charge in [0.05, 0.1) is 11.4 Å². The van der Waals surface area contributed by atoms with Gasteiger partial charge in [-0.1, -0.05) is 0 Å². The van der Waals surface area contributed by atoms with Crippen LogP contribution in [0.4, 0.5) is 20.2 Å². The second-order valence-electron chi connectivity index (χ2n) is 2.10. The van der Waals surface area contributed by atoms with Crippen molar-refractivity contribution in [1.82, 2.24) is 0 Å². The first-order valence-corrected chi connectivity index (χ1v) is 3.07. The fourth-order valence-corrected chi connectivity index (χ4v) is 0.779. The molecule has 3 N–H and O–H groups in total. The highest BCUT2D eigenvalue weighted by atomic mass is 19.2. The van der Waals surface area contributed by atoms with Crippen molar-refractivity contribution in [2.45, 2.75) is 0 Å². The molecule has 0 aliphatic heterocycles. The molecule has 0 amide bonds. The summed E-state index contributed by atoms with van der Waals surface area (Å²) in [6.07, 6.45) is 0. The molecule has 0 atom stereocenters. The number of hydrogen-bond acceptors (Lipinski definition) is 2. The molecular formula is C7H8F2N2. The predicted octanol–water partition coefficient (Wildman–Crippen LogP) is 1.59. The minimum Gasteiger partial charge on any atom is -0.397 e. The molecule has 0 saturated heterocycles. The summed E-state index contributed by atoms with van der Waals surface area (Å²) >= 11 is 0. The van der Waals surface area contributed by atoms with Gasteiger partial charge in [-0.25, -0.2) is 8.78 Å². The summed E-state index contributed by atoms with van der Waals surface area (Å²) in [4.78, 5) is 0. The third-order valence-corrected chi connectivity index (χ3v) is 1.36. The van der Waals surface area contributed by atoms with Crippen LogP contribution in [0, 0.1) is 11.6 Å². The third-order valence-electron chi connectivity index (χ3n) is 1.36. The first kappa shape index (κ1) is 7.78. The molecule has 0 spiro atoms. The maximum absolute atomic E-state index is 12.5. The summed E-state index contributed by atoms with van der Waals surface area (Å²) < 4.78 is 24.9. The zero-order chi connectivity index (χ0) is 8.43. The Morgan fingerprint density at radius 2 is 1.82 bits per heavy atom.